The first-order valence-electron chi connectivity index (χ1n) is 8.99. The molecule has 13 heteroatoms. The molecule has 0 amide bonds. The number of nitro benzene ring substituents is 2. The molecule has 166 valence electrons. The number of nitro groups is 2. The summed E-state index contributed by atoms with van der Waals surface area (Å²) in [6.45, 7) is -0.609. The minimum Gasteiger partial charge on any atom is -0.462 e. The zero-order valence-corrected chi connectivity index (χ0v) is 15.8. The van der Waals surface area contributed by atoms with Crippen molar-refractivity contribution in [1.82, 2.24) is 0 Å². The maximum Gasteiger partial charge on any atom is 0.299 e. The molecular formula is C18H19N3O10. The summed E-state index contributed by atoms with van der Waals surface area (Å²) in [6, 6.07) is 9.09. The predicted octanol–water partition coefficient (Wildman–Crippen LogP) is 0.425. The quantitative estimate of drug-likeness (QED) is 0.297. The number of para-hydroxylation sites is 1. The van der Waals surface area contributed by atoms with Gasteiger partial charge in [-0.15, -0.1) is 0 Å². The van der Waals surface area contributed by atoms with Gasteiger partial charge in [0.05, 0.1) is 16.5 Å². The molecule has 13 nitrogen and oxygen atoms in total. The normalized spacial score (nSPS) is 25.6. The Morgan fingerprint density at radius 1 is 0.935 bits per heavy atom. The summed E-state index contributed by atoms with van der Waals surface area (Å²) in [4.78, 5) is 21.0. The Morgan fingerprint density at radius 3 is 2.03 bits per heavy atom. The van der Waals surface area contributed by atoms with E-state index in [0.717, 1.165) is 12.1 Å². The fourth-order valence-corrected chi connectivity index (χ4v) is 3.02. The standard InChI is InChI=1S/C18H19N3O10/c22-8-13-15(23)16(24)17(25)18(31-13)30-10-6-4-9(5-7-10)19-14-11(20(26)27)2-1-3-12(14)21(28)29/h1-7,13,15-19,22-25H,8H2/t13-,15-,16+,17-,18+/m1/s1. The zero-order valence-electron chi connectivity index (χ0n) is 15.8. The van der Waals surface area contributed by atoms with E-state index in [9.17, 15) is 40.7 Å². The van der Waals surface area contributed by atoms with Gasteiger partial charge >= 0.3 is 0 Å². The van der Waals surface area contributed by atoms with Crippen LogP contribution in [0.1, 0.15) is 0 Å². The van der Waals surface area contributed by atoms with E-state index in [1.807, 2.05) is 0 Å². The van der Waals surface area contributed by atoms with Crippen molar-refractivity contribution >= 4 is 22.7 Å². The number of rotatable bonds is 7. The first kappa shape index (κ1) is 22.3. The average Bonchev–Trinajstić information content (AvgIpc) is 2.75. The molecule has 1 fully saturated rings. The van der Waals surface area contributed by atoms with Crippen molar-refractivity contribution in [3.8, 4) is 5.75 Å². The highest BCUT2D eigenvalue weighted by molar-refractivity contribution is 5.78. The summed E-state index contributed by atoms with van der Waals surface area (Å²) in [5.41, 5.74) is -0.967. The van der Waals surface area contributed by atoms with Crippen LogP contribution in [0.3, 0.4) is 0 Å². The summed E-state index contributed by atoms with van der Waals surface area (Å²) in [7, 11) is 0. The lowest BCUT2D eigenvalue weighted by Crippen LogP contribution is -2.60. The molecule has 5 atom stereocenters. The molecule has 2 aromatic rings. The zero-order chi connectivity index (χ0) is 22.7. The van der Waals surface area contributed by atoms with E-state index < -0.39 is 58.5 Å². The molecular weight excluding hydrogens is 418 g/mol. The van der Waals surface area contributed by atoms with Gasteiger partial charge in [0.25, 0.3) is 11.4 Å². The minimum absolute atomic E-state index is 0.159. The van der Waals surface area contributed by atoms with Crippen LogP contribution >= 0.6 is 0 Å². The van der Waals surface area contributed by atoms with Crippen LogP contribution in [0, 0.1) is 20.2 Å². The van der Waals surface area contributed by atoms with Gasteiger partial charge < -0.3 is 35.2 Å². The lowest BCUT2D eigenvalue weighted by Gasteiger charge is -2.39. The number of nitrogens with one attached hydrogen (secondary N) is 1. The molecule has 2 aromatic carbocycles. The third-order valence-corrected chi connectivity index (χ3v) is 4.64. The Morgan fingerprint density at radius 2 is 1.52 bits per heavy atom. The number of benzene rings is 2. The molecule has 0 unspecified atom stereocenters. The first-order chi connectivity index (χ1) is 14.7. The monoisotopic (exact) mass is 437 g/mol. The minimum atomic E-state index is -1.60. The Kier molecular flexibility index (Phi) is 6.62. The van der Waals surface area contributed by atoms with Crippen molar-refractivity contribution in [2.45, 2.75) is 30.7 Å². The van der Waals surface area contributed by atoms with Gasteiger partial charge in [0, 0.05) is 17.8 Å². The maximum atomic E-state index is 11.2. The predicted molar refractivity (Wildman–Crippen MR) is 104 cm³/mol. The van der Waals surface area contributed by atoms with Crippen LogP contribution in [0.25, 0.3) is 0 Å². The van der Waals surface area contributed by atoms with Crippen molar-refractivity contribution < 1.29 is 39.7 Å². The molecule has 0 aromatic heterocycles. The largest absolute Gasteiger partial charge is 0.462 e. The van der Waals surface area contributed by atoms with Crippen molar-refractivity contribution in [1.29, 1.82) is 0 Å². The molecule has 1 heterocycles. The number of aliphatic hydroxyl groups excluding tert-OH is 4. The number of aliphatic hydroxyl groups is 4. The lowest BCUT2D eigenvalue weighted by atomic mass is 9.99. The van der Waals surface area contributed by atoms with Crippen LogP contribution in [0.15, 0.2) is 42.5 Å². The SMILES string of the molecule is O=[N+]([O-])c1cccc([N+](=O)[O-])c1Nc1ccc(O[C@H]2O[C@H](CO)[C@@H](O)[C@H](O)[C@H]2O)cc1. The summed E-state index contributed by atoms with van der Waals surface area (Å²) in [6.07, 6.45) is -7.24. The van der Waals surface area contributed by atoms with Crippen LogP contribution < -0.4 is 10.1 Å². The second kappa shape index (κ2) is 9.20. The third kappa shape index (κ3) is 4.70. The molecule has 0 spiro atoms. The fraction of sp³-hybridized carbons (Fsp3) is 0.333. The van der Waals surface area contributed by atoms with Gasteiger partial charge in [0.15, 0.2) is 5.69 Å². The number of nitrogens with zero attached hydrogens (tertiary/aromatic N) is 2. The summed E-state index contributed by atoms with van der Waals surface area (Å²) in [5, 5.41) is 63.9. The average molecular weight is 437 g/mol. The summed E-state index contributed by atoms with van der Waals surface area (Å²) in [5.74, 6) is 0.159. The highest BCUT2D eigenvalue weighted by Gasteiger charge is 2.44. The summed E-state index contributed by atoms with van der Waals surface area (Å²) >= 11 is 0. The molecule has 3 rings (SSSR count). The number of anilines is 2. The molecule has 1 aliphatic rings. The first-order valence-corrected chi connectivity index (χ1v) is 8.99. The maximum absolute atomic E-state index is 11.2. The highest BCUT2D eigenvalue weighted by Crippen LogP contribution is 2.36. The summed E-state index contributed by atoms with van der Waals surface area (Å²) < 4.78 is 10.7. The molecule has 0 bridgehead atoms. The second-order valence-electron chi connectivity index (χ2n) is 6.65. The van der Waals surface area contributed by atoms with E-state index in [4.69, 9.17) is 9.47 Å². The van der Waals surface area contributed by atoms with Crippen LogP contribution in [-0.2, 0) is 4.74 Å². The van der Waals surface area contributed by atoms with Gasteiger partial charge in [-0.05, 0) is 30.3 Å². The molecule has 0 saturated carbocycles. The van der Waals surface area contributed by atoms with Crippen LogP contribution in [0.5, 0.6) is 5.75 Å². The van der Waals surface area contributed by atoms with E-state index in [0.29, 0.717) is 0 Å². The van der Waals surface area contributed by atoms with E-state index >= 15 is 0 Å². The smallest absolute Gasteiger partial charge is 0.299 e. The van der Waals surface area contributed by atoms with Gasteiger partial charge in [-0.25, -0.2) is 0 Å². The van der Waals surface area contributed by atoms with Gasteiger partial charge in [-0.1, -0.05) is 0 Å². The van der Waals surface area contributed by atoms with Crippen molar-refractivity contribution in [2.75, 3.05) is 11.9 Å². The second-order valence-corrected chi connectivity index (χ2v) is 6.65. The molecule has 1 saturated heterocycles. The number of ether oxygens (including phenoxy) is 2. The van der Waals surface area contributed by atoms with Gasteiger partial charge in [-0.2, -0.15) is 0 Å². The number of hydrogen-bond acceptors (Lipinski definition) is 11. The Hall–Kier alpha value is -3.36. The van der Waals surface area contributed by atoms with Crippen LogP contribution in [-0.4, -0.2) is 67.6 Å². The van der Waals surface area contributed by atoms with E-state index in [2.05, 4.69) is 5.32 Å². The molecule has 0 aliphatic carbocycles. The molecule has 0 radical (unpaired) electrons. The molecule has 1 aliphatic heterocycles. The molecule has 31 heavy (non-hydrogen) atoms. The third-order valence-electron chi connectivity index (χ3n) is 4.64. The van der Waals surface area contributed by atoms with Crippen molar-refractivity contribution in [2.24, 2.45) is 0 Å². The van der Waals surface area contributed by atoms with E-state index in [-0.39, 0.29) is 17.1 Å². The lowest BCUT2D eigenvalue weighted by molar-refractivity contribution is -0.392. The van der Waals surface area contributed by atoms with E-state index in [1.54, 1.807) is 0 Å². The molecule has 5 N–H and O–H groups in total. The Balaban J connectivity index is 1.77. The topological polar surface area (TPSA) is 198 Å². The fourth-order valence-electron chi connectivity index (χ4n) is 3.02. The van der Waals surface area contributed by atoms with Crippen LogP contribution in [0.2, 0.25) is 0 Å². The van der Waals surface area contributed by atoms with E-state index in [1.165, 1.54) is 30.3 Å². The van der Waals surface area contributed by atoms with Gasteiger partial charge in [-0.3, -0.25) is 20.2 Å². The van der Waals surface area contributed by atoms with Crippen molar-refractivity contribution in [3.63, 3.8) is 0 Å². The highest BCUT2D eigenvalue weighted by atomic mass is 16.7. The van der Waals surface area contributed by atoms with Gasteiger partial charge in [0.2, 0.25) is 6.29 Å². The Bertz CT molecular complexity index is 920. The van der Waals surface area contributed by atoms with Crippen molar-refractivity contribution in [3.05, 3.63) is 62.7 Å². The number of hydrogen-bond donors (Lipinski definition) is 5. The van der Waals surface area contributed by atoms with Crippen LogP contribution in [0.4, 0.5) is 22.7 Å². The Labute approximate surface area is 174 Å². The van der Waals surface area contributed by atoms with Gasteiger partial charge in [0.1, 0.15) is 30.2 Å².